The van der Waals surface area contributed by atoms with Gasteiger partial charge in [-0.2, -0.15) is 0 Å². The van der Waals surface area contributed by atoms with Gasteiger partial charge in [-0.3, -0.25) is 0 Å². The molecule has 0 amide bonds. The summed E-state index contributed by atoms with van der Waals surface area (Å²) in [6.07, 6.45) is 0. The maximum absolute atomic E-state index is 8.83. The Morgan fingerprint density at radius 1 is 1.21 bits per heavy atom. The predicted octanol–water partition coefficient (Wildman–Crippen LogP) is 4.75. The fraction of sp³-hybridized carbons (Fsp3) is 0.400. The first-order valence-corrected chi connectivity index (χ1v) is 21.3. The molecule has 0 fully saturated rings. The van der Waals surface area contributed by atoms with Crippen LogP contribution >= 0.6 is 38.8 Å². The first-order valence-electron chi connectivity index (χ1n) is 5.69. The van der Waals surface area contributed by atoms with Crippen molar-refractivity contribution in [1.29, 1.82) is 5.39 Å². The minimum absolute atomic E-state index is 0.139. The van der Waals surface area contributed by atoms with Crippen molar-refractivity contribution in [2.45, 2.75) is 6.92 Å². The summed E-state index contributed by atoms with van der Waals surface area (Å²) < 4.78 is 0. The molecule has 0 aromatic heterocycles. The summed E-state index contributed by atoms with van der Waals surface area (Å²) in [5.74, 6) is 0. The second kappa shape index (κ2) is 9.99. The van der Waals surface area contributed by atoms with Gasteiger partial charge in [-0.15, -0.1) is 0 Å². The summed E-state index contributed by atoms with van der Waals surface area (Å²) in [4.78, 5) is 5.12. The van der Waals surface area contributed by atoms with E-state index < -0.39 is 10.8 Å². The number of diazo groups is 1. The number of hydrogen-bond acceptors (Lipinski definition) is 3. The molecule has 0 heterocycles. The van der Waals surface area contributed by atoms with E-state index in [9.17, 15) is 0 Å². The maximum atomic E-state index is 8.83. The third-order valence-corrected chi connectivity index (χ3v) is 2.08. The Balaban J connectivity index is 0.000000555. The molecule has 9 heteroatoms. The fourth-order valence-electron chi connectivity index (χ4n) is 1.32. The van der Waals surface area contributed by atoms with Crippen molar-refractivity contribution in [2.75, 3.05) is 24.6 Å². The number of nitrogens with zero attached hydrogens (tertiary/aromatic N) is 3. The van der Waals surface area contributed by atoms with Gasteiger partial charge >= 0.3 is 55.3 Å². The van der Waals surface area contributed by atoms with Crippen molar-refractivity contribution < 1.29 is 15.9 Å². The van der Waals surface area contributed by atoms with E-state index in [2.05, 4.69) is 4.98 Å². The molecule has 0 atom stereocenters. The summed E-state index contributed by atoms with van der Waals surface area (Å²) >= 11 is 0. The van der Waals surface area contributed by atoms with Gasteiger partial charge < -0.3 is 10.0 Å². The van der Waals surface area contributed by atoms with E-state index in [-0.39, 0.29) is 6.61 Å². The third kappa shape index (κ3) is 10.6. The van der Waals surface area contributed by atoms with Gasteiger partial charge in [-0.05, 0) is 19.1 Å². The van der Waals surface area contributed by atoms with Gasteiger partial charge in [0.2, 0.25) is 5.39 Å². The Kier molecular flexibility index (Phi) is 10.1. The van der Waals surface area contributed by atoms with Crippen molar-refractivity contribution >= 4 is 50.1 Å². The molecule has 0 radical (unpaired) electrons. The number of likely N-dealkylation sites (N-methyl/N-ethyl adjacent to an activating group) is 1. The standard InChI is InChI=1S/C10H14N3O.4ClH.Zn/c1-2-13(7-8-14)10-5-3-9(12-11)4-6-10;;;;;/h3-6,14H,2,7-8H2,1H3;4*1H;/q+1;;;;;+4/p-4. The minimum atomic E-state index is -3.36. The molecule has 1 N–H and O–H groups in total. The number of aliphatic hydroxyl groups is 1. The van der Waals surface area contributed by atoms with Crippen molar-refractivity contribution in [1.82, 2.24) is 0 Å². The molecule has 1 rings (SSSR count). The van der Waals surface area contributed by atoms with E-state index in [0.29, 0.717) is 12.2 Å². The van der Waals surface area contributed by atoms with E-state index in [0.717, 1.165) is 12.2 Å². The van der Waals surface area contributed by atoms with E-state index >= 15 is 0 Å². The van der Waals surface area contributed by atoms with Crippen LogP contribution in [0.2, 0.25) is 0 Å². The van der Waals surface area contributed by atoms with Crippen LogP contribution in [0.5, 0.6) is 0 Å². The molecule has 0 bridgehead atoms. The van der Waals surface area contributed by atoms with Gasteiger partial charge in [0.05, 0.1) is 6.61 Å². The molecule has 0 aliphatic rings. The number of benzene rings is 1. The predicted molar refractivity (Wildman–Crippen MR) is 79.6 cm³/mol. The van der Waals surface area contributed by atoms with Crippen LogP contribution in [0, 0.1) is 5.39 Å². The molecule has 0 saturated carbocycles. The Morgan fingerprint density at radius 3 is 2.00 bits per heavy atom. The molecule has 1 aromatic carbocycles. The van der Waals surface area contributed by atoms with Gasteiger partial charge in [0.25, 0.3) is 0 Å². The van der Waals surface area contributed by atoms with Gasteiger partial charge in [0, 0.05) is 30.9 Å². The first-order chi connectivity index (χ1) is 8.81. The molecule has 0 unspecified atom stereocenters. The van der Waals surface area contributed by atoms with Crippen LogP contribution in [0.25, 0.3) is 4.98 Å². The second-order valence-corrected chi connectivity index (χ2v) is 31.3. The van der Waals surface area contributed by atoms with Gasteiger partial charge in [0.1, 0.15) is 0 Å². The van der Waals surface area contributed by atoms with Crippen LogP contribution in [-0.4, -0.2) is 24.8 Å². The summed E-state index contributed by atoms with van der Waals surface area (Å²) in [6, 6.07) is 7.20. The van der Waals surface area contributed by atoms with Crippen LogP contribution in [0.15, 0.2) is 24.3 Å². The average molecular weight is 399 g/mol. The summed E-state index contributed by atoms with van der Waals surface area (Å²) in [7, 11) is 16.8. The van der Waals surface area contributed by atoms with E-state index in [4.69, 9.17) is 49.3 Å². The van der Waals surface area contributed by atoms with E-state index in [1.54, 1.807) is 12.1 Å². The zero-order valence-corrected chi connectivity index (χ0v) is 16.4. The van der Waals surface area contributed by atoms with Crippen LogP contribution in [0.1, 0.15) is 6.92 Å². The van der Waals surface area contributed by atoms with Crippen molar-refractivity contribution in [3.05, 3.63) is 29.2 Å². The molecular formula is C10H14Cl4N3OZn+. The Labute approximate surface area is 131 Å². The number of halogens is 4. The second-order valence-electron chi connectivity index (χ2n) is 3.53. The van der Waals surface area contributed by atoms with Gasteiger partial charge in [-0.1, -0.05) is 0 Å². The zero-order chi connectivity index (χ0) is 14.9. The van der Waals surface area contributed by atoms with Crippen molar-refractivity contribution in [3.63, 3.8) is 0 Å². The summed E-state index contributed by atoms with van der Waals surface area (Å²) in [6.45, 7) is 3.63. The number of anilines is 1. The number of rotatable bonds is 4. The quantitative estimate of drug-likeness (QED) is 0.587. The summed E-state index contributed by atoms with van der Waals surface area (Å²) in [5, 5.41) is 17.3. The summed E-state index contributed by atoms with van der Waals surface area (Å²) in [5.41, 5.74) is 1.56. The molecule has 1 aromatic rings. The fourth-order valence-corrected chi connectivity index (χ4v) is 1.32. The topological polar surface area (TPSA) is 51.6 Å². The molecule has 19 heavy (non-hydrogen) atoms. The van der Waals surface area contributed by atoms with E-state index in [1.165, 1.54) is 0 Å². The molecule has 0 saturated heterocycles. The SMILES string of the molecule is CCN(CCO)c1ccc([N+]#N)cc1.[Cl][Zn]([Cl])([Cl])[Cl]. The Bertz CT molecular complexity index is 399. The van der Waals surface area contributed by atoms with Crippen LogP contribution in [0.4, 0.5) is 11.4 Å². The van der Waals surface area contributed by atoms with E-state index in [1.807, 2.05) is 24.0 Å². The van der Waals surface area contributed by atoms with Crippen molar-refractivity contribution in [2.24, 2.45) is 0 Å². The molecular weight excluding hydrogens is 385 g/mol. The molecule has 0 spiro atoms. The number of hydrogen-bond donors (Lipinski definition) is 1. The molecule has 0 aliphatic heterocycles. The normalized spacial score (nSPS) is 9.32. The Morgan fingerprint density at radius 2 is 1.68 bits per heavy atom. The Hall–Kier alpha value is 0.183. The monoisotopic (exact) mass is 396 g/mol. The number of aliphatic hydroxyl groups excluding tert-OH is 1. The zero-order valence-electron chi connectivity index (χ0n) is 10.4. The van der Waals surface area contributed by atoms with Crippen molar-refractivity contribution in [3.8, 4) is 0 Å². The average Bonchev–Trinajstić information content (AvgIpc) is 2.34. The van der Waals surface area contributed by atoms with Crippen LogP contribution in [-0.2, 0) is 10.8 Å². The van der Waals surface area contributed by atoms with Gasteiger partial charge in [-0.25, -0.2) is 0 Å². The van der Waals surface area contributed by atoms with Crippen LogP contribution < -0.4 is 4.90 Å². The van der Waals surface area contributed by atoms with Gasteiger partial charge in [0.15, 0.2) is 4.98 Å². The molecule has 0 aliphatic carbocycles. The molecule has 4 nitrogen and oxygen atoms in total. The molecule has 104 valence electrons. The third-order valence-electron chi connectivity index (χ3n) is 2.08. The van der Waals surface area contributed by atoms with Crippen LogP contribution in [0.3, 0.4) is 0 Å². The first kappa shape index (κ1) is 19.2.